The van der Waals surface area contributed by atoms with Gasteiger partial charge in [-0.2, -0.15) is 0 Å². The van der Waals surface area contributed by atoms with E-state index in [-0.39, 0.29) is 11.8 Å². The van der Waals surface area contributed by atoms with Gasteiger partial charge in [0.05, 0.1) is 5.01 Å². The maximum atomic E-state index is 12.3. The van der Waals surface area contributed by atoms with Crippen LogP contribution in [0.25, 0.3) is 0 Å². The first-order valence-electron chi connectivity index (χ1n) is 8.02. The average molecular weight is 344 g/mol. The first-order valence-corrected chi connectivity index (χ1v) is 8.90. The molecule has 0 aliphatic carbocycles. The van der Waals surface area contributed by atoms with Crippen LogP contribution in [0.3, 0.4) is 0 Å². The lowest BCUT2D eigenvalue weighted by molar-refractivity contribution is 0.0792. The van der Waals surface area contributed by atoms with E-state index < -0.39 is 0 Å². The number of nitrogens with zero attached hydrogens (tertiary/aromatic N) is 2. The van der Waals surface area contributed by atoms with Gasteiger partial charge in [-0.15, -0.1) is 11.3 Å². The highest BCUT2D eigenvalue weighted by molar-refractivity contribution is 7.09. The van der Waals surface area contributed by atoms with Gasteiger partial charge in [0.15, 0.2) is 0 Å². The Kier molecular flexibility index (Phi) is 5.22. The number of anilines is 1. The highest BCUT2D eigenvalue weighted by Gasteiger charge is 2.19. The van der Waals surface area contributed by atoms with Gasteiger partial charge in [-0.1, -0.05) is 0 Å². The van der Waals surface area contributed by atoms with Crippen LogP contribution in [0.2, 0.25) is 0 Å². The topological polar surface area (TPSA) is 88.3 Å². The molecule has 1 saturated heterocycles. The first-order chi connectivity index (χ1) is 11.7. The third kappa shape index (κ3) is 3.80. The summed E-state index contributed by atoms with van der Waals surface area (Å²) in [5, 5.41) is 5.38. The largest absolute Gasteiger partial charge is 0.339 e. The van der Waals surface area contributed by atoms with Crippen molar-refractivity contribution < 1.29 is 9.59 Å². The van der Waals surface area contributed by atoms with Gasteiger partial charge in [0.1, 0.15) is 5.69 Å². The highest BCUT2D eigenvalue weighted by atomic mass is 32.1. The number of carbonyl (C=O) groups excluding carboxylic acids is 2. The summed E-state index contributed by atoms with van der Waals surface area (Å²) in [7, 11) is 0. The van der Waals surface area contributed by atoms with Crippen molar-refractivity contribution in [1.82, 2.24) is 9.88 Å². The van der Waals surface area contributed by atoms with E-state index in [0.29, 0.717) is 29.9 Å². The average Bonchev–Trinajstić information content (AvgIpc) is 3.27. The van der Waals surface area contributed by atoms with Crippen LogP contribution in [0.4, 0.5) is 5.69 Å². The zero-order chi connectivity index (χ0) is 16.9. The Morgan fingerprint density at radius 2 is 1.92 bits per heavy atom. The van der Waals surface area contributed by atoms with Crippen molar-refractivity contribution in [3.05, 3.63) is 45.9 Å². The molecule has 0 atom stereocenters. The summed E-state index contributed by atoms with van der Waals surface area (Å²) in [6, 6.07) is 6.98. The maximum Gasteiger partial charge on any atom is 0.275 e. The van der Waals surface area contributed by atoms with Gasteiger partial charge in [-0.05, 0) is 43.7 Å². The third-order valence-corrected chi connectivity index (χ3v) is 4.83. The van der Waals surface area contributed by atoms with Crippen molar-refractivity contribution in [3.8, 4) is 0 Å². The zero-order valence-corrected chi connectivity index (χ0v) is 14.1. The summed E-state index contributed by atoms with van der Waals surface area (Å²) in [6.45, 7) is 2.17. The van der Waals surface area contributed by atoms with Gasteiger partial charge in [0.25, 0.3) is 11.8 Å². The Labute approximate surface area is 144 Å². The molecule has 0 spiro atoms. The van der Waals surface area contributed by atoms with Crippen molar-refractivity contribution in [2.75, 3.05) is 25.0 Å². The predicted octanol–water partition coefficient (Wildman–Crippen LogP) is 2.13. The van der Waals surface area contributed by atoms with Crippen molar-refractivity contribution in [2.45, 2.75) is 19.3 Å². The van der Waals surface area contributed by atoms with E-state index in [1.807, 2.05) is 4.90 Å². The molecule has 3 N–H and O–H groups in total. The van der Waals surface area contributed by atoms with Crippen molar-refractivity contribution in [2.24, 2.45) is 5.73 Å². The van der Waals surface area contributed by atoms with Crippen molar-refractivity contribution >= 4 is 28.8 Å². The molecule has 6 nitrogen and oxygen atoms in total. The van der Waals surface area contributed by atoms with Crippen LogP contribution in [0, 0.1) is 0 Å². The summed E-state index contributed by atoms with van der Waals surface area (Å²) in [4.78, 5) is 30.6. The molecule has 24 heavy (non-hydrogen) atoms. The van der Waals surface area contributed by atoms with E-state index in [9.17, 15) is 9.59 Å². The Morgan fingerprint density at radius 1 is 1.21 bits per heavy atom. The second-order valence-corrected chi connectivity index (χ2v) is 6.64. The Hall–Kier alpha value is -2.25. The fraction of sp³-hybridized carbons (Fsp3) is 0.353. The minimum absolute atomic E-state index is 0.0521. The molecule has 126 valence electrons. The van der Waals surface area contributed by atoms with Crippen LogP contribution in [0.15, 0.2) is 29.6 Å². The second-order valence-electron chi connectivity index (χ2n) is 5.70. The molecule has 1 fully saturated rings. The fourth-order valence-corrected chi connectivity index (χ4v) is 3.44. The van der Waals surface area contributed by atoms with E-state index in [2.05, 4.69) is 10.3 Å². The molecule has 3 rings (SSSR count). The van der Waals surface area contributed by atoms with E-state index in [0.717, 1.165) is 30.9 Å². The summed E-state index contributed by atoms with van der Waals surface area (Å²) in [5.41, 5.74) is 7.17. The second kappa shape index (κ2) is 7.55. The summed E-state index contributed by atoms with van der Waals surface area (Å²) < 4.78 is 0. The number of hydrogen-bond acceptors (Lipinski definition) is 5. The Morgan fingerprint density at radius 3 is 2.58 bits per heavy atom. The van der Waals surface area contributed by atoms with E-state index in [1.165, 1.54) is 11.3 Å². The summed E-state index contributed by atoms with van der Waals surface area (Å²) in [6.07, 6.45) is 2.81. The number of likely N-dealkylation sites (tertiary alicyclic amines) is 1. The lowest BCUT2D eigenvalue weighted by atomic mass is 10.2. The Bertz CT molecular complexity index is 720. The van der Waals surface area contributed by atoms with Crippen LogP contribution in [0.1, 0.15) is 38.7 Å². The van der Waals surface area contributed by atoms with Crippen LogP contribution in [-0.2, 0) is 6.42 Å². The molecule has 0 unspecified atom stereocenters. The molecule has 0 bridgehead atoms. The Balaban J connectivity index is 1.62. The minimum Gasteiger partial charge on any atom is -0.339 e. The van der Waals surface area contributed by atoms with E-state index >= 15 is 0 Å². The first kappa shape index (κ1) is 16.6. The number of benzene rings is 1. The number of rotatable bonds is 5. The summed E-state index contributed by atoms with van der Waals surface area (Å²) >= 11 is 1.43. The van der Waals surface area contributed by atoms with Gasteiger partial charge < -0.3 is 16.0 Å². The number of aromatic nitrogens is 1. The lowest BCUT2D eigenvalue weighted by Crippen LogP contribution is -2.27. The molecule has 2 heterocycles. The highest BCUT2D eigenvalue weighted by Crippen LogP contribution is 2.17. The monoisotopic (exact) mass is 344 g/mol. The number of nitrogens with one attached hydrogen (secondary N) is 1. The maximum absolute atomic E-state index is 12.3. The fourth-order valence-electron chi connectivity index (χ4n) is 2.65. The van der Waals surface area contributed by atoms with Gasteiger partial charge in [0.2, 0.25) is 0 Å². The molecule has 1 aromatic carbocycles. The molecule has 2 aromatic rings. The minimum atomic E-state index is -0.256. The number of amides is 2. The number of carbonyl (C=O) groups is 2. The smallest absolute Gasteiger partial charge is 0.275 e. The molecule has 1 aliphatic rings. The standard InChI is InChI=1S/C17H20N4O2S/c18-8-7-15-20-14(11-24-15)16(22)19-13-5-3-12(4-6-13)17(23)21-9-1-2-10-21/h3-6,11H,1-2,7-10,18H2,(H,19,22). The summed E-state index contributed by atoms with van der Waals surface area (Å²) in [5.74, 6) is -0.204. The predicted molar refractivity (Wildman–Crippen MR) is 94.4 cm³/mol. The van der Waals surface area contributed by atoms with Crippen LogP contribution >= 0.6 is 11.3 Å². The van der Waals surface area contributed by atoms with E-state index in [4.69, 9.17) is 5.73 Å². The number of nitrogens with two attached hydrogens (primary N) is 1. The normalized spacial score (nSPS) is 14.0. The van der Waals surface area contributed by atoms with Gasteiger partial charge in [0, 0.05) is 36.1 Å². The number of hydrogen-bond donors (Lipinski definition) is 2. The molecule has 2 amide bonds. The molecule has 0 radical (unpaired) electrons. The lowest BCUT2D eigenvalue weighted by Gasteiger charge is -2.15. The van der Waals surface area contributed by atoms with Crippen molar-refractivity contribution in [3.63, 3.8) is 0 Å². The van der Waals surface area contributed by atoms with Crippen LogP contribution in [-0.4, -0.2) is 41.3 Å². The SMILES string of the molecule is NCCc1nc(C(=O)Nc2ccc(C(=O)N3CCCC3)cc2)cs1. The molecule has 1 aliphatic heterocycles. The molecule has 1 aromatic heterocycles. The van der Waals surface area contributed by atoms with Crippen LogP contribution < -0.4 is 11.1 Å². The van der Waals surface area contributed by atoms with Crippen molar-refractivity contribution in [1.29, 1.82) is 0 Å². The van der Waals surface area contributed by atoms with E-state index in [1.54, 1.807) is 29.6 Å². The molecular formula is C17H20N4O2S. The van der Waals surface area contributed by atoms with Gasteiger partial charge in [-0.25, -0.2) is 4.98 Å². The number of thiazole rings is 1. The van der Waals surface area contributed by atoms with Gasteiger partial charge >= 0.3 is 0 Å². The van der Waals surface area contributed by atoms with Crippen LogP contribution in [0.5, 0.6) is 0 Å². The molecule has 7 heteroatoms. The van der Waals surface area contributed by atoms with Gasteiger partial charge in [-0.3, -0.25) is 9.59 Å². The molecule has 0 saturated carbocycles. The zero-order valence-electron chi connectivity index (χ0n) is 13.3. The third-order valence-electron chi connectivity index (χ3n) is 3.93. The quantitative estimate of drug-likeness (QED) is 0.870. The molecular weight excluding hydrogens is 324 g/mol.